The Morgan fingerprint density at radius 3 is 2.46 bits per heavy atom. The van der Waals surface area contributed by atoms with Gasteiger partial charge in [0.15, 0.2) is 5.13 Å². The Morgan fingerprint density at radius 1 is 1.00 bits per heavy atom. The lowest BCUT2D eigenvalue weighted by atomic mass is 10.0. The average molecular weight is 489 g/mol. The van der Waals surface area contributed by atoms with Gasteiger partial charge in [-0.1, -0.05) is 31.3 Å². The molecule has 8 nitrogen and oxygen atoms in total. The Kier molecular flexibility index (Phi) is 6.50. The highest BCUT2D eigenvalue weighted by Gasteiger charge is 2.31. The fraction of sp³-hybridized carbons (Fsp3) is 0.308. The standard InChI is InChI=1S/C26H28N6O2S/c1-18(2)23(25(34)31-15-13-30(14-16-31)22-7-3-4-10-27-22)29-24(33)19-8-9-20-21(17-19)35-26(28-20)32-11-5-6-12-32/h3-12,17-18,23H,13-16H2,1-2H3,(H,29,33). The molecule has 1 aliphatic heterocycles. The zero-order chi connectivity index (χ0) is 24.4. The predicted octanol–water partition coefficient (Wildman–Crippen LogP) is 3.59. The van der Waals surface area contributed by atoms with Crippen molar-refractivity contribution in [2.75, 3.05) is 31.1 Å². The number of aromatic nitrogens is 3. The summed E-state index contributed by atoms with van der Waals surface area (Å²) < 4.78 is 2.88. The second kappa shape index (κ2) is 9.87. The summed E-state index contributed by atoms with van der Waals surface area (Å²) >= 11 is 1.53. The number of pyridine rings is 1. The van der Waals surface area contributed by atoms with Gasteiger partial charge in [0.1, 0.15) is 11.9 Å². The highest BCUT2D eigenvalue weighted by Crippen LogP contribution is 2.26. The van der Waals surface area contributed by atoms with Crippen molar-refractivity contribution >= 4 is 39.2 Å². The predicted molar refractivity (Wildman–Crippen MR) is 138 cm³/mol. The van der Waals surface area contributed by atoms with E-state index in [1.807, 2.05) is 78.2 Å². The van der Waals surface area contributed by atoms with Crippen molar-refractivity contribution < 1.29 is 9.59 Å². The summed E-state index contributed by atoms with van der Waals surface area (Å²) in [5.41, 5.74) is 1.37. The van der Waals surface area contributed by atoms with Crippen LogP contribution in [0.1, 0.15) is 24.2 Å². The summed E-state index contributed by atoms with van der Waals surface area (Å²) in [6.45, 7) is 6.55. The van der Waals surface area contributed by atoms with E-state index in [0.717, 1.165) is 21.2 Å². The van der Waals surface area contributed by atoms with E-state index in [0.29, 0.717) is 31.7 Å². The average Bonchev–Trinajstić information content (AvgIpc) is 3.57. The molecule has 0 saturated carbocycles. The van der Waals surface area contributed by atoms with Crippen molar-refractivity contribution in [2.24, 2.45) is 5.92 Å². The maximum Gasteiger partial charge on any atom is 0.251 e. The maximum atomic E-state index is 13.4. The van der Waals surface area contributed by atoms with Crippen LogP contribution in [0.4, 0.5) is 5.82 Å². The smallest absolute Gasteiger partial charge is 0.251 e. The molecule has 0 aliphatic carbocycles. The lowest BCUT2D eigenvalue weighted by Gasteiger charge is -2.37. The van der Waals surface area contributed by atoms with Gasteiger partial charge in [-0.25, -0.2) is 9.97 Å². The van der Waals surface area contributed by atoms with Gasteiger partial charge in [-0.3, -0.25) is 9.59 Å². The molecule has 2 amide bonds. The van der Waals surface area contributed by atoms with Crippen molar-refractivity contribution in [3.05, 3.63) is 72.7 Å². The summed E-state index contributed by atoms with van der Waals surface area (Å²) in [5, 5.41) is 3.84. The van der Waals surface area contributed by atoms with Crippen molar-refractivity contribution in [2.45, 2.75) is 19.9 Å². The SMILES string of the molecule is CC(C)C(NC(=O)c1ccc2nc(-n3cccc3)sc2c1)C(=O)N1CCN(c2ccccn2)CC1. The van der Waals surface area contributed by atoms with Crippen molar-refractivity contribution in [1.29, 1.82) is 0 Å². The molecule has 1 saturated heterocycles. The van der Waals surface area contributed by atoms with Crippen LogP contribution in [0, 0.1) is 5.92 Å². The van der Waals surface area contributed by atoms with Crippen molar-refractivity contribution in [3.8, 4) is 5.13 Å². The van der Waals surface area contributed by atoms with Crippen LogP contribution >= 0.6 is 11.3 Å². The fourth-order valence-corrected chi connectivity index (χ4v) is 5.23. The van der Waals surface area contributed by atoms with E-state index in [1.54, 1.807) is 12.3 Å². The molecule has 35 heavy (non-hydrogen) atoms. The third-order valence-electron chi connectivity index (χ3n) is 6.25. The molecule has 9 heteroatoms. The van der Waals surface area contributed by atoms with Crippen molar-refractivity contribution in [1.82, 2.24) is 24.8 Å². The topological polar surface area (TPSA) is 83.4 Å². The largest absolute Gasteiger partial charge is 0.353 e. The number of amides is 2. The number of fused-ring (bicyclic) bond motifs is 1. The van der Waals surface area contributed by atoms with Gasteiger partial charge in [0.2, 0.25) is 5.91 Å². The molecule has 1 N–H and O–H groups in total. The Balaban J connectivity index is 1.26. The first-order valence-corrected chi connectivity index (χ1v) is 12.6. The van der Waals surface area contributed by atoms with Gasteiger partial charge in [0.25, 0.3) is 5.91 Å². The lowest BCUT2D eigenvalue weighted by molar-refractivity contribution is -0.134. The summed E-state index contributed by atoms with van der Waals surface area (Å²) in [7, 11) is 0. The maximum absolute atomic E-state index is 13.4. The molecule has 1 unspecified atom stereocenters. The van der Waals surface area contributed by atoms with E-state index in [9.17, 15) is 9.59 Å². The van der Waals surface area contributed by atoms with Gasteiger partial charge in [-0.2, -0.15) is 0 Å². The second-order valence-corrected chi connectivity index (χ2v) is 9.97. The highest BCUT2D eigenvalue weighted by molar-refractivity contribution is 7.20. The quantitative estimate of drug-likeness (QED) is 0.449. The Labute approximate surface area is 208 Å². The lowest BCUT2D eigenvalue weighted by Crippen LogP contribution is -2.56. The van der Waals surface area contributed by atoms with Crippen LogP contribution in [0.25, 0.3) is 15.3 Å². The molecule has 1 aromatic carbocycles. The van der Waals surface area contributed by atoms with E-state index in [1.165, 1.54) is 11.3 Å². The number of piperazine rings is 1. The van der Waals surface area contributed by atoms with Gasteiger partial charge in [-0.05, 0) is 48.4 Å². The summed E-state index contributed by atoms with van der Waals surface area (Å²) in [4.78, 5) is 39.6. The van der Waals surface area contributed by atoms with Crippen LogP contribution in [-0.2, 0) is 4.79 Å². The number of hydrogen-bond acceptors (Lipinski definition) is 6. The van der Waals surface area contributed by atoms with Crippen LogP contribution in [0.3, 0.4) is 0 Å². The van der Waals surface area contributed by atoms with E-state index >= 15 is 0 Å². The van der Waals surface area contributed by atoms with Gasteiger partial charge < -0.3 is 19.7 Å². The van der Waals surface area contributed by atoms with Crippen LogP contribution in [0.15, 0.2) is 67.1 Å². The minimum absolute atomic E-state index is 0.0345. The summed E-state index contributed by atoms with van der Waals surface area (Å²) in [6, 6.07) is 14.6. The Hall–Kier alpha value is -3.72. The van der Waals surface area contributed by atoms with Gasteiger partial charge >= 0.3 is 0 Å². The Bertz CT molecular complexity index is 1310. The zero-order valence-corrected chi connectivity index (χ0v) is 20.6. The molecule has 5 rings (SSSR count). The molecular formula is C26H28N6O2S. The Morgan fingerprint density at radius 2 is 1.77 bits per heavy atom. The van der Waals surface area contributed by atoms with Crippen molar-refractivity contribution in [3.63, 3.8) is 0 Å². The molecule has 0 radical (unpaired) electrons. The number of thiazole rings is 1. The molecule has 4 heterocycles. The number of benzene rings is 1. The number of anilines is 1. The molecule has 0 spiro atoms. The molecule has 4 aromatic rings. The molecule has 180 valence electrons. The first kappa shape index (κ1) is 23.0. The number of hydrogen-bond donors (Lipinski definition) is 1. The molecular weight excluding hydrogens is 460 g/mol. The molecule has 1 aliphatic rings. The van der Waals surface area contributed by atoms with Gasteiger partial charge in [0.05, 0.1) is 10.2 Å². The number of carbonyl (C=O) groups excluding carboxylic acids is 2. The monoisotopic (exact) mass is 488 g/mol. The van der Waals surface area contributed by atoms with Gasteiger partial charge in [0, 0.05) is 50.3 Å². The van der Waals surface area contributed by atoms with Crippen LogP contribution < -0.4 is 10.2 Å². The number of carbonyl (C=O) groups is 2. The third-order valence-corrected chi connectivity index (χ3v) is 7.28. The van der Waals surface area contributed by atoms with E-state index in [2.05, 4.69) is 20.2 Å². The fourth-order valence-electron chi connectivity index (χ4n) is 4.26. The number of nitrogens with zero attached hydrogens (tertiary/aromatic N) is 5. The van der Waals surface area contributed by atoms with E-state index in [-0.39, 0.29) is 17.7 Å². The molecule has 3 aromatic heterocycles. The van der Waals surface area contributed by atoms with Gasteiger partial charge in [-0.15, -0.1) is 0 Å². The molecule has 1 fully saturated rings. The van der Waals surface area contributed by atoms with Crippen LogP contribution in [0.5, 0.6) is 0 Å². The minimum atomic E-state index is -0.587. The molecule has 1 atom stereocenters. The van der Waals surface area contributed by atoms with E-state index < -0.39 is 6.04 Å². The first-order chi connectivity index (χ1) is 17.0. The number of nitrogens with one attached hydrogen (secondary N) is 1. The molecule has 0 bridgehead atoms. The first-order valence-electron chi connectivity index (χ1n) is 11.8. The zero-order valence-electron chi connectivity index (χ0n) is 19.8. The second-order valence-electron chi connectivity index (χ2n) is 8.96. The van der Waals surface area contributed by atoms with Crippen LogP contribution in [-0.4, -0.2) is 63.5 Å². The third kappa shape index (κ3) is 4.90. The van der Waals surface area contributed by atoms with E-state index in [4.69, 9.17) is 0 Å². The minimum Gasteiger partial charge on any atom is -0.353 e. The van der Waals surface area contributed by atoms with Crippen LogP contribution in [0.2, 0.25) is 0 Å². The summed E-state index contributed by atoms with van der Waals surface area (Å²) in [6.07, 6.45) is 5.67. The highest BCUT2D eigenvalue weighted by atomic mass is 32.1. The normalized spacial score (nSPS) is 14.9. The number of rotatable bonds is 6. The summed E-state index contributed by atoms with van der Waals surface area (Å²) in [5.74, 6) is 0.601.